The van der Waals surface area contributed by atoms with E-state index in [-0.39, 0.29) is 0 Å². The lowest BCUT2D eigenvalue weighted by Gasteiger charge is -2.12. The minimum absolute atomic E-state index is 0.308. The molecule has 0 heterocycles. The summed E-state index contributed by atoms with van der Waals surface area (Å²) in [5, 5.41) is -0.0425. The van der Waals surface area contributed by atoms with Crippen molar-refractivity contribution in [1.82, 2.24) is 0 Å². The summed E-state index contributed by atoms with van der Waals surface area (Å²) >= 11 is 11.3. The lowest BCUT2D eigenvalue weighted by Crippen LogP contribution is -2.00. The van der Waals surface area contributed by atoms with Crippen LogP contribution in [0, 0.1) is 13.8 Å². The normalized spacial score (nSPS) is 10.1. The second-order valence-electron chi connectivity index (χ2n) is 2.96. The van der Waals surface area contributed by atoms with E-state index in [1.165, 1.54) is 13.2 Å². The second kappa shape index (κ2) is 4.20. The molecule has 0 saturated carbocycles. The molecule has 0 atom stereocenters. The molecule has 0 N–H and O–H groups in total. The van der Waals surface area contributed by atoms with E-state index in [0.29, 0.717) is 16.3 Å². The van der Waals surface area contributed by atoms with Crippen LogP contribution in [-0.4, -0.2) is 12.4 Å². The minimum Gasteiger partial charge on any atom is -0.496 e. The van der Waals surface area contributed by atoms with Crippen molar-refractivity contribution in [3.63, 3.8) is 0 Å². The Hall–Kier alpha value is -0.730. The molecule has 0 aliphatic rings. The number of hydrogen-bond donors (Lipinski definition) is 0. The fourth-order valence-electron chi connectivity index (χ4n) is 1.26. The molecule has 1 rings (SSSR count). The van der Waals surface area contributed by atoms with Gasteiger partial charge < -0.3 is 4.74 Å². The summed E-state index contributed by atoms with van der Waals surface area (Å²) in [5.41, 5.74) is 2.04. The van der Waals surface area contributed by atoms with Gasteiger partial charge in [0.15, 0.2) is 0 Å². The van der Waals surface area contributed by atoms with Crippen LogP contribution in [0.3, 0.4) is 0 Å². The molecule has 0 amide bonds. The quantitative estimate of drug-likeness (QED) is 0.732. The maximum absolute atomic E-state index is 11.1. The highest BCUT2D eigenvalue weighted by Gasteiger charge is 2.16. The van der Waals surface area contributed by atoms with Crippen molar-refractivity contribution >= 4 is 28.4 Å². The Morgan fingerprint density at radius 1 is 1.36 bits per heavy atom. The van der Waals surface area contributed by atoms with Crippen LogP contribution in [0.25, 0.3) is 0 Å². The Morgan fingerprint density at radius 3 is 2.36 bits per heavy atom. The van der Waals surface area contributed by atoms with Crippen molar-refractivity contribution in [1.29, 1.82) is 0 Å². The van der Waals surface area contributed by atoms with Gasteiger partial charge in [0.1, 0.15) is 5.75 Å². The first-order chi connectivity index (χ1) is 6.49. The summed E-state index contributed by atoms with van der Waals surface area (Å²) in [5.74, 6) is 0.493. The highest BCUT2D eigenvalue weighted by molar-refractivity contribution is 6.68. The van der Waals surface area contributed by atoms with Crippen LogP contribution < -0.4 is 4.74 Å². The summed E-state index contributed by atoms with van der Waals surface area (Å²) < 4.78 is 5.11. The van der Waals surface area contributed by atoms with E-state index < -0.39 is 5.24 Å². The van der Waals surface area contributed by atoms with Crippen LogP contribution in [0.15, 0.2) is 6.07 Å². The lowest BCUT2D eigenvalue weighted by molar-refractivity contribution is 0.107. The van der Waals surface area contributed by atoms with Gasteiger partial charge in [-0.1, -0.05) is 11.6 Å². The molecule has 1 aromatic carbocycles. The SMILES string of the molecule is COc1c(C(=O)Cl)cc(Cl)c(C)c1C. The van der Waals surface area contributed by atoms with E-state index in [9.17, 15) is 4.79 Å². The third-order valence-electron chi connectivity index (χ3n) is 2.19. The fourth-order valence-corrected chi connectivity index (χ4v) is 1.65. The van der Waals surface area contributed by atoms with Gasteiger partial charge in [-0.25, -0.2) is 0 Å². The second-order valence-corrected chi connectivity index (χ2v) is 3.71. The molecule has 0 spiro atoms. The Kier molecular flexibility index (Phi) is 3.40. The topological polar surface area (TPSA) is 26.3 Å². The minimum atomic E-state index is -0.563. The van der Waals surface area contributed by atoms with E-state index in [1.54, 1.807) is 0 Å². The number of halogens is 2. The summed E-state index contributed by atoms with van der Waals surface area (Å²) in [6, 6.07) is 1.53. The molecule has 0 radical (unpaired) electrons. The maximum Gasteiger partial charge on any atom is 0.256 e. The van der Waals surface area contributed by atoms with E-state index in [1.807, 2.05) is 13.8 Å². The molecule has 0 fully saturated rings. The predicted molar refractivity (Wildman–Crippen MR) is 57.7 cm³/mol. The number of methoxy groups -OCH3 is 1. The molecule has 0 bridgehead atoms. The third-order valence-corrected chi connectivity index (χ3v) is 2.79. The largest absolute Gasteiger partial charge is 0.496 e. The van der Waals surface area contributed by atoms with Crippen molar-refractivity contribution < 1.29 is 9.53 Å². The highest BCUT2D eigenvalue weighted by Crippen LogP contribution is 2.32. The average molecular weight is 233 g/mol. The third kappa shape index (κ3) is 1.86. The molecule has 0 unspecified atom stereocenters. The molecule has 1 aromatic rings. The summed E-state index contributed by atoms with van der Waals surface area (Å²) in [4.78, 5) is 11.1. The molecular formula is C10H10Cl2O2. The summed E-state index contributed by atoms with van der Waals surface area (Å²) in [6.07, 6.45) is 0. The molecule has 0 aliphatic carbocycles. The van der Waals surface area contributed by atoms with Crippen molar-refractivity contribution in [2.45, 2.75) is 13.8 Å². The molecule has 0 aliphatic heterocycles. The summed E-state index contributed by atoms with van der Waals surface area (Å²) in [6.45, 7) is 3.70. The Morgan fingerprint density at radius 2 is 1.93 bits per heavy atom. The number of hydrogen-bond acceptors (Lipinski definition) is 2. The van der Waals surface area contributed by atoms with Gasteiger partial charge in [-0.2, -0.15) is 0 Å². The van der Waals surface area contributed by atoms with E-state index in [2.05, 4.69) is 0 Å². The number of ether oxygens (including phenoxy) is 1. The van der Waals surface area contributed by atoms with Crippen molar-refractivity contribution in [2.24, 2.45) is 0 Å². The first-order valence-corrected chi connectivity index (χ1v) is 4.78. The molecule has 0 saturated heterocycles. The van der Waals surface area contributed by atoms with Gasteiger partial charge in [0.25, 0.3) is 5.24 Å². The van der Waals surface area contributed by atoms with Crippen molar-refractivity contribution in [3.05, 3.63) is 27.8 Å². The van der Waals surface area contributed by atoms with Gasteiger partial charge >= 0.3 is 0 Å². The smallest absolute Gasteiger partial charge is 0.256 e. The van der Waals surface area contributed by atoms with Crippen LogP contribution in [0.5, 0.6) is 5.75 Å². The first kappa shape index (κ1) is 11.3. The average Bonchev–Trinajstić information content (AvgIpc) is 2.13. The predicted octanol–water partition coefficient (Wildman–Crippen LogP) is 3.34. The van der Waals surface area contributed by atoms with Gasteiger partial charge in [0.2, 0.25) is 0 Å². The number of carbonyl (C=O) groups is 1. The zero-order chi connectivity index (χ0) is 10.9. The van der Waals surface area contributed by atoms with Crippen molar-refractivity contribution in [2.75, 3.05) is 7.11 Å². The van der Waals surface area contributed by atoms with E-state index in [4.69, 9.17) is 27.9 Å². The first-order valence-electron chi connectivity index (χ1n) is 4.02. The van der Waals surface area contributed by atoms with Crippen LogP contribution in [0.4, 0.5) is 0 Å². The zero-order valence-corrected chi connectivity index (χ0v) is 9.66. The lowest BCUT2D eigenvalue weighted by atomic mass is 10.0. The van der Waals surface area contributed by atoms with Gasteiger partial charge in [-0.3, -0.25) is 4.79 Å². The molecule has 0 aromatic heterocycles. The highest BCUT2D eigenvalue weighted by atomic mass is 35.5. The van der Waals surface area contributed by atoms with Gasteiger partial charge in [0.05, 0.1) is 12.7 Å². The van der Waals surface area contributed by atoms with Crippen molar-refractivity contribution in [3.8, 4) is 5.75 Å². The van der Waals surface area contributed by atoms with Crippen LogP contribution in [0.2, 0.25) is 5.02 Å². The number of rotatable bonds is 2. The number of carbonyl (C=O) groups excluding carboxylic acids is 1. The number of benzene rings is 1. The standard InChI is InChI=1S/C10H10Cl2O2/c1-5-6(2)9(14-3)7(10(12)13)4-8(5)11/h4H,1-3H3. The molecule has 4 heteroatoms. The van der Waals surface area contributed by atoms with E-state index in [0.717, 1.165) is 11.1 Å². The Balaban J connectivity index is 3.51. The Labute approximate surface area is 92.8 Å². The van der Waals surface area contributed by atoms with E-state index >= 15 is 0 Å². The van der Waals surface area contributed by atoms with Crippen LogP contribution in [0.1, 0.15) is 21.5 Å². The van der Waals surface area contributed by atoms with Crippen LogP contribution >= 0.6 is 23.2 Å². The summed E-state index contributed by atoms with van der Waals surface area (Å²) in [7, 11) is 1.50. The fraction of sp³-hybridized carbons (Fsp3) is 0.300. The van der Waals surface area contributed by atoms with Gasteiger partial charge in [-0.05, 0) is 42.6 Å². The van der Waals surface area contributed by atoms with Crippen LogP contribution in [-0.2, 0) is 0 Å². The maximum atomic E-state index is 11.1. The Bertz CT molecular complexity index is 386. The van der Waals surface area contributed by atoms with Gasteiger partial charge in [0, 0.05) is 5.02 Å². The molecule has 14 heavy (non-hydrogen) atoms. The molecule has 76 valence electrons. The molecular weight excluding hydrogens is 223 g/mol. The molecule has 2 nitrogen and oxygen atoms in total. The zero-order valence-electron chi connectivity index (χ0n) is 8.15. The monoisotopic (exact) mass is 232 g/mol. The van der Waals surface area contributed by atoms with Gasteiger partial charge in [-0.15, -0.1) is 0 Å².